The van der Waals surface area contributed by atoms with E-state index in [1.54, 1.807) is 0 Å². The van der Waals surface area contributed by atoms with Crippen molar-refractivity contribution in [3.63, 3.8) is 0 Å². The molecule has 23 heavy (non-hydrogen) atoms. The van der Waals surface area contributed by atoms with E-state index in [4.69, 9.17) is 0 Å². The van der Waals surface area contributed by atoms with Crippen molar-refractivity contribution >= 4 is 16.8 Å². The zero-order valence-corrected chi connectivity index (χ0v) is 13.1. The van der Waals surface area contributed by atoms with Gasteiger partial charge in [0.2, 0.25) is 0 Å². The fourth-order valence-electron chi connectivity index (χ4n) is 3.46. The zero-order valence-electron chi connectivity index (χ0n) is 13.1. The second-order valence-electron chi connectivity index (χ2n) is 6.16. The molecule has 1 aromatic carbocycles. The SMILES string of the molecule is Cn1ccc2c(C(=O)N3CCC(c4ccccn4)C3)cccc21. The number of benzene rings is 1. The number of carbonyl (C=O) groups excluding carboxylic acids is 1. The highest BCUT2D eigenvalue weighted by Gasteiger charge is 2.29. The van der Waals surface area contributed by atoms with Crippen molar-refractivity contribution < 1.29 is 4.79 Å². The Labute approximate surface area is 135 Å². The first-order valence-corrected chi connectivity index (χ1v) is 7.98. The molecule has 1 amide bonds. The van der Waals surface area contributed by atoms with E-state index in [0.29, 0.717) is 5.92 Å². The van der Waals surface area contributed by atoms with Gasteiger partial charge in [0.15, 0.2) is 0 Å². The monoisotopic (exact) mass is 305 g/mol. The van der Waals surface area contributed by atoms with Crippen molar-refractivity contribution in [2.24, 2.45) is 7.05 Å². The number of nitrogens with zero attached hydrogens (tertiary/aromatic N) is 3. The topological polar surface area (TPSA) is 38.1 Å². The molecule has 1 saturated heterocycles. The Balaban J connectivity index is 1.60. The molecule has 1 atom stereocenters. The standard InChI is InChI=1S/C19H19N3O/c1-21-11-9-15-16(5-4-7-18(15)21)19(23)22-12-8-14(13-22)17-6-2-3-10-20-17/h2-7,9-11,14H,8,12-13H2,1H3. The summed E-state index contributed by atoms with van der Waals surface area (Å²) in [4.78, 5) is 19.3. The zero-order chi connectivity index (χ0) is 15.8. The molecular weight excluding hydrogens is 286 g/mol. The summed E-state index contributed by atoms with van der Waals surface area (Å²) in [5.74, 6) is 0.468. The third kappa shape index (κ3) is 2.40. The Kier molecular flexibility index (Phi) is 3.37. The number of rotatable bonds is 2. The third-order valence-corrected chi connectivity index (χ3v) is 4.74. The minimum absolute atomic E-state index is 0.125. The molecule has 1 fully saturated rings. The highest BCUT2D eigenvalue weighted by molar-refractivity contribution is 6.06. The summed E-state index contributed by atoms with van der Waals surface area (Å²) in [5.41, 5.74) is 2.97. The van der Waals surface area contributed by atoms with Gasteiger partial charge in [-0.2, -0.15) is 0 Å². The largest absolute Gasteiger partial charge is 0.351 e. The Hall–Kier alpha value is -2.62. The molecule has 3 aromatic rings. The quantitative estimate of drug-likeness (QED) is 0.729. The fraction of sp³-hybridized carbons (Fsp3) is 0.263. The van der Waals surface area contributed by atoms with Crippen LogP contribution in [0.15, 0.2) is 54.9 Å². The number of hydrogen-bond acceptors (Lipinski definition) is 2. The Morgan fingerprint density at radius 2 is 2.09 bits per heavy atom. The van der Waals surface area contributed by atoms with Gasteiger partial charge in [-0.25, -0.2) is 0 Å². The molecule has 2 aromatic heterocycles. The average Bonchev–Trinajstić information content (AvgIpc) is 3.23. The highest BCUT2D eigenvalue weighted by Crippen LogP contribution is 2.28. The van der Waals surface area contributed by atoms with Gasteiger partial charge in [-0.1, -0.05) is 12.1 Å². The van der Waals surface area contributed by atoms with Crippen LogP contribution in [-0.4, -0.2) is 33.4 Å². The maximum Gasteiger partial charge on any atom is 0.254 e. The van der Waals surface area contributed by atoms with Crippen molar-refractivity contribution in [2.45, 2.75) is 12.3 Å². The molecule has 0 radical (unpaired) electrons. The number of likely N-dealkylation sites (tertiary alicyclic amines) is 1. The van der Waals surface area contributed by atoms with Gasteiger partial charge >= 0.3 is 0 Å². The molecule has 4 heteroatoms. The minimum atomic E-state index is 0.125. The van der Waals surface area contributed by atoms with Crippen LogP contribution in [0, 0.1) is 0 Å². The molecular formula is C19H19N3O. The molecule has 0 N–H and O–H groups in total. The smallest absolute Gasteiger partial charge is 0.254 e. The number of fused-ring (bicyclic) bond motifs is 1. The average molecular weight is 305 g/mol. The van der Waals surface area contributed by atoms with E-state index in [2.05, 4.69) is 11.1 Å². The van der Waals surface area contributed by atoms with Crippen molar-refractivity contribution in [3.05, 3.63) is 66.1 Å². The fourth-order valence-corrected chi connectivity index (χ4v) is 3.46. The van der Waals surface area contributed by atoms with Crippen LogP contribution in [0.25, 0.3) is 10.9 Å². The third-order valence-electron chi connectivity index (χ3n) is 4.74. The van der Waals surface area contributed by atoms with Crippen molar-refractivity contribution in [1.29, 1.82) is 0 Å². The van der Waals surface area contributed by atoms with E-state index in [0.717, 1.165) is 41.7 Å². The molecule has 0 bridgehead atoms. The number of pyridine rings is 1. The normalized spacial score (nSPS) is 17.8. The Morgan fingerprint density at radius 1 is 1.17 bits per heavy atom. The van der Waals surface area contributed by atoms with Crippen LogP contribution in [0.2, 0.25) is 0 Å². The molecule has 116 valence electrons. The predicted octanol–water partition coefficient (Wildman–Crippen LogP) is 3.20. The second kappa shape index (κ2) is 5.54. The molecule has 4 rings (SSSR count). The second-order valence-corrected chi connectivity index (χ2v) is 6.16. The lowest BCUT2D eigenvalue weighted by Crippen LogP contribution is -2.28. The molecule has 1 aliphatic heterocycles. The maximum absolute atomic E-state index is 12.9. The van der Waals surface area contributed by atoms with Crippen LogP contribution in [0.1, 0.15) is 28.4 Å². The van der Waals surface area contributed by atoms with Gasteiger partial charge in [-0.05, 0) is 36.8 Å². The van der Waals surface area contributed by atoms with E-state index in [1.807, 2.05) is 65.3 Å². The van der Waals surface area contributed by atoms with E-state index >= 15 is 0 Å². The van der Waals surface area contributed by atoms with Gasteiger partial charge in [0, 0.05) is 60.6 Å². The van der Waals surface area contributed by atoms with Crippen LogP contribution < -0.4 is 0 Å². The molecule has 0 spiro atoms. The van der Waals surface area contributed by atoms with Crippen molar-refractivity contribution in [2.75, 3.05) is 13.1 Å². The number of carbonyl (C=O) groups is 1. The van der Waals surface area contributed by atoms with Crippen LogP contribution in [0.5, 0.6) is 0 Å². The summed E-state index contributed by atoms with van der Waals surface area (Å²) in [7, 11) is 2.00. The lowest BCUT2D eigenvalue weighted by Gasteiger charge is -2.17. The molecule has 0 aliphatic carbocycles. The van der Waals surface area contributed by atoms with Gasteiger partial charge < -0.3 is 9.47 Å². The summed E-state index contributed by atoms with van der Waals surface area (Å²) in [6.07, 6.45) is 4.81. The lowest BCUT2D eigenvalue weighted by atomic mass is 10.0. The summed E-state index contributed by atoms with van der Waals surface area (Å²) >= 11 is 0. The molecule has 4 nitrogen and oxygen atoms in total. The van der Waals surface area contributed by atoms with E-state index in [1.165, 1.54) is 0 Å². The molecule has 1 unspecified atom stereocenters. The maximum atomic E-state index is 12.9. The van der Waals surface area contributed by atoms with E-state index in [-0.39, 0.29) is 5.91 Å². The Morgan fingerprint density at radius 3 is 2.91 bits per heavy atom. The summed E-state index contributed by atoms with van der Waals surface area (Å²) in [6, 6.07) is 14.0. The number of hydrogen-bond donors (Lipinski definition) is 0. The highest BCUT2D eigenvalue weighted by atomic mass is 16.2. The van der Waals surface area contributed by atoms with Gasteiger partial charge in [-0.3, -0.25) is 9.78 Å². The van der Waals surface area contributed by atoms with Gasteiger partial charge in [0.1, 0.15) is 0 Å². The van der Waals surface area contributed by atoms with E-state index in [9.17, 15) is 4.79 Å². The van der Waals surface area contributed by atoms with Crippen molar-refractivity contribution in [3.8, 4) is 0 Å². The minimum Gasteiger partial charge on any atom is -0.351 e. The number of amides is 1. The molecule has 1 aliphatic rings. The summed E-state index contributed by atoms with van der Waals surface area (Å²) in [5, 5.41) is 1.03. The first kappa shape index (κ1) is 14.0. The predicted molar refractivity (Wildman–Crippen MR) is 90.4 cm³/mol. The first-order chi connectivity index (χ1) is 11.2. The number of aromatic nitrogens is 2. The molecule has 0 saturated carbocycles. The molecule has 3 heterocycles. The van der Waals surface area contributed by atoms with Crippen LogP contribution in [-0.2, 0) is 7.05 Å². The van der Waals surface area contributed by atoms with E-state index < -0.39 is 0 Å². The summed E-state index contributed by atoms with van der Waals surface area (Å²) in [6.45, 7) is 1.54. The van der Waals surface area contributed by atoms with Crippen molar-refractivity contribution in [1.82, 2.24) is 14.5 Å². The Bertz CT molecular complexity index is 853. The van der Waals surface area contributed by atoms with Crippen LogP contribution in [0.3, 0.4) is 0 Å². The summed E-state index contributed by atoms with van der Waals surface area (Å²) < 4.78 is 2.05. The number of aryl methyl sites for hydroxylation is 1. The first-order valence-electron chi connectivity index (χ1n) is 7.98. The van der Waals surface area contributed by atoms with Crippen LogP contribution >= 0.6 is 0 Å². The van der Waals surface area contributed by atoms with Crippen LogP contribution in [0.4, 0.5) is 0 Å². The van der Waals surface area contributed by atoms with Gasteiger partial charge in [0.05, 0.1) is 0 Å². The lowest BCUT2D eigenvalue weighted by molar-refractivity contribution is 0.0792. The van der Waals surface area contributed by atoms with Gasteiger partial charge in [0.25, 0.3) is 5.91 Å². The van der Waals surface area contributed by atoms with Gasteiger partial charge in [-0.15, -0.1) is 0 Å².